The van der Waals surface area contributed by atoms with E-state index < -0.39 is 0 Å². The minimum atomic E-state index is 0.566. The molecule has 0 heterocycles. The van der Waals surface area contributed by atoms with Crippen molar-refractivity contribution in [2.45, 2.75) is 39.8 Å². The molecule has 2 heteroatoms. The van der Waals surface area contributed by atoms with E-state index in [0.717, 1.165) is 18.7 Å². The molecule has 1 N–H and O–H groups in total. The predicted molar refractivity (Wildman–Crippen MR) is 64.3 cm³/mol. The number of benzene rings is 1. The summed E-state index contributed by atoms with van der Waals surface area (Å²) < 4.78 is 5.24. The van der Waals surface area contributed by atoms with E-state index in [2.05, 4.69) is 38.2 Å². The Labute approximate surface area is 92.6 Å². The van der Waals surface area contributed by atoms with E-state index in [9.17, 15) is 0 Å². The fourth-order valence-corrected chi connectivity index (χ4v) is 1.48. The summed E-state index contributed by atoms with van der Waals surface area (Å²) in [4.78, 5) is 0. The van der Waals surface area contributed by atoms with Gasteiger partial charge in [-0.2, -0.15) is 0 Å². The number of hydrogen-bond acceptors (Lipinski definition) is 2. The van der Waals surface area contributed by atoms with Gasteiger partial charge in [-0.25, -0.2) is 0 Å². The third-order valence-electron chi connectivity index (χ3n) is 2.61. The Morgan fingerprint density at radius 3 is 2.67 bits per heavy atom. The molecule has 1 aromatic rings. The van der Waals surface area contributed by atoms with Crippen molar-refractivity contribution >= 4 is 0 Å². The third kappa shape index (κ3) is 3.92. The van der Waals surface area contributed by atoms with Gasteiger partial charge in [0.1, 0.15) is 5.75 Å². The van der Waals surface area contributed by atoms with E-state index >= 15 is 0 Å². The van der Waals surface area contributed by atoms with E-state index in [1.807, 2.05) is 6.07 Å². The fourth-order valence-electron chi connectivity index (χ4n) is 1.48. The van der Waals surface area contributed by atoms with Crippen molar-refractivity contribution < 1.29 is 4.74 Å². The van der Waals surface area contributed by atoms with Gasteiger partial charge >= 0.3 is 0 Å². The quantitative estimate of drug-likeness (QED) is 0.801. The van der Waals surface area contributed by atoms with Crippen LogP contribution >= 0.6 is 0 Å². The molecule has 0 aliphatic heterocycles. The molecule has 84 valence electrons. The second kappa shape index (κ2) is 5.76. The van der Waals surface area contributed by atoms with Crippen LogP contribution in [-0.4, -0.2) is 13.2 Å². The van der Waals surface area contributed by atoms with Crippen molar-refractivity contribution in [2.75, 3.05) is 7.11 Å². The van der Waals surface area contributed by atoms with Crippen LogP contribution in [0.5, 0.6) is 5.75 Å². The zero-order valence-electron chi connectivity index (χ0n) is 10.1. The van der Waals surface area contributed by atoms with Crippen LogP contribution in [0.4, 0.5) is 0 Å². The molecule has 0 aromatic heterocycles. The number of nitrogens with one attached hydrogen (secondary N) is 1. The molecule has 1 rings (SSSR count). The van der Waals surface area contributed by atoms with Gasteiger partial charge < -0.3 is 10.1 Å². The molecular formula is C13H21NO. The molecule has 1 aromatic carbocycles. The molecule has 2 nitrogen and oxygen atoms in total. The summed E-state index contributed by atoms with van der Waals surface area (Å²) >= 11 is 0. The maximum absolute atomic E-state index is 5.24. The number of hydrogen-bond donors (Lipinski definition) is 1. The lowest BCUT2D eigenvalue weighted by atomic mass is 10.1. The van der Waals surface area contributed by atoms with Crippen LogP contribution < -0.4 is 10.1 Å². The molecule has 0 bridgehead atoms. The first-order chi connectivity index (χ1) is 7.15. The average molecular weight is 207 g/mol. The largest absolute Gasteiger partial charge is 0.497 e. The van der Waals surface area contributed by atoms with Crippen LogP contribution in [0.25, 0.3) is 0 Å². The predicted octanol–water partition coefficient (Wildman–Crippen LogP) is 2.89. The molecule has 0 fully saturated rings. The monoisotopic (exact) mass is 207 g/mol. The second-order valence-corrected chi connectivity index (χ2v) is 4.05. The van der Waals surface area contributed by atoms with Crippen LogP contribution in [0.3, 0.4) is 0 Å². The molecule has 0 aliphatic carbocycles. The first-order valence-corrected chi connectivity index (χ1v) is 5.53. The zero-order valence-corrected chi connectivity index (χ0v) is 10.1. The fraction of sp³-hybridized carbons (Fsp3) is 0.538. The van der Waals surface area contributed by atoms with E-state index in [4.69, 9.17) is 4.74 Å². The highest BCUT2D eigenvalue weighted by Gasteiger charge is 2.01. The van der Waals surface area contributed by atoms with Crippen molar-refractivity contribution in [3.8, 4) is 5.75 Å². The summed E-state index contributed by atoms with van der Waals surface area (Å²) in [7, 11) is 1.71. The van der Waals surface area contributed by atoms with Crippen molar-refractivity contribution in [3.63, 3.8) is 0 Å². The van der Waals surface area contributed by atoms with Gasteiger partial charge in [0.2, 0.25) is 0 Å². The Kier molecular flexibility index (Phi) is 4.63. The van der Waals surface area contributed by atoms with E-state index in [1.165, 1.54) is 11.1 Å². The lowest BCUT2D eigenvalue weighted by Crippen LogP contribution is -2.24. The molecule has 0 saturated heterocycles. The Morgan fingerprint density at radius 2 is 2.07 bits per heavy atom. The minimum Gasteiger partial charge on any atom is -0.497 e. The molecular weight excluding hydrogens is 186 g/mol. The van der Waals surface area contributed by atoms with Crippen LogP contribution in [0, 0.1) is 6.92 Å². The highest BCUT2D eigenvalue weighted by atomic mass is 16.5. The van der Waals surface area contributed by atoms with Crippen LogP contribution in [-0.2, 0) is 6.54 Å². The standard InChI is InChI=1S/C13H21NO/c1-5-11(3)14-9-12-6-10(2)7-13(8-12)15-4/h6-8,11,14H,5,9H2,1-4H3. The molecule has 15 heavy (non-hydrogen) atoms. The minimum absolute atomic E-state index is 0.566. The van der Waals surface area contributed by atoms with Gasteiger partial charge in [0.25, 0.3) is 0 Å². The summed E-state index contributed by atoms with van der Waals surface area (Å²) in [6.07, 6.45) is 1.16. The summed E-state index contributed by atoms with van der Waals surface area (Å²) in [6.45, 7) is 7.39. The van der Waals surface area contributed by atoms with E-state index in [1.54, 1.807) is 7.11 Å². The van der Waals surface area contributed by atoms with Gasteiger partial charge in [0, 0.05) is 12.6 Å². The van der Waals surface area contributed by atoms with Crippen LogP contribution in [0.15, 0.2) is 18.2 Å². The van der Waals surface area contributed by atoms with Crippen molar-refractivity contribution in [1.29, 1.82) is 0 Å². The lowest BCUT2D eigenvalue weighted by molar-refractivity contribution is 0.413. The summed E-state index contributed by atoms with van der Waals surface area (Å²) in [5.74, 6) is 0.941. The van der Waals surface area contributed by atoms with Crippen molar-refractivity contribution in [2.24, 2.45) is 0 Å². The highest BCUT2D eigenvalue weighted by Crippen LogP contribution is 2.16. The number of aryl methyl sites for hydroxylation is 1. The first kappa shape index (κ1) is 12.1. The molecule has 0 aliphatic rings. The molecule has 1 unspecified atom stereocenters. The second-order valence-electron chi connectivity index (χ2n) is 4.05. The average Bonchev–Trinajstić information content (AvgIpc) is 2.25. The van der Waals surface area contributed by atoms with Gasteiger partial charge in [-0.1, -0.05) is 13.0 Å². The van der Waals surface area contributed by atoms with Crippen molar-refractivity contribution in [1.82, 2.24) is 5.32 Å². The smallest absolute Gasteiger partial charge is 0.119 e. The molecule has 0 spiro atoms. The van der Waals surface area contributed by atoms with Crippen LogP contribution in [0.1, 0.15) is 31.4 Å². The molecule has 0 radical (unpaired) electrons. The van der Waals surface area contributed by atoms with E-state index in [-0.39, 0.29) is 0 Å². The van der Waals surface area contributed by atoms with Gasteiger partial charge in [-0.3, -0.25) is 0 Å². The Hall–Kier alpha value is -1.02. The molecule has 0 saturated carbocycles. The Bertz CT molecular complexity index is 309. The van der Waals surface area contributed by atoms with Gasteiger partial charge in [-0.15, -0.1) is 0 Å². The van der Waals surface area contributed by atoms with E-state index in [0.29, 0.717) is 6.04 Å². The number of rotatable bonds is 5. The maximum Gasteiger partial charge on any atom is 0.119 e. The van der Waals surface area contributed by atoms with Gasteiger partial charge in [-0.05, 0) is 43.5 Å². The molecule has 0 amide bonds. The van der Waals surface area contributed by atoms with Crippen molar-refractivity contribution in [3.05, 3.63) is 29.3 Å². The lowest BCUT2D eigenvalue weighted by Gasteiger charge is -2.12. The SMILES string of the molecule is CCC(C)NCc1cc(C)cc(OC)c1. The first-order valence-electron chi connectivity index (χ1n) is 5.53. The zero-order chi connectivity index (χ0) is 11.3. The third-order valence-corrected chi connectivity index (χ3v) is 2.61. The molecule has 1 atom stereocenters. The van der Waals surface area contributed by atoms with Gasteiger partial charge in [0.05, 0.1) is 7.11 Å². The summed E-state index contributed by atoms with van der Waals surface area (Å²) in [5.41, 5.74) is 2.53. The summed E-state index contributed by atoms with van der Waals surface area (Å²) in [6, 6.07) is 6.89. The Balaban J connectivity index is 2.64. The number of ether oxygens (including phenoxy) is 1. The topological polar surface area (TPSA) is 21.3 Å². The van der Waals surface area contributed by atoms with Gasteiger partial charge in [0.15, 0.2) is 0 Å². The number of methoxy groups -OCH3 is 1. The summed E-state index contributed by atoms with van der Waals surface area (Å²) in [5, 5.41) is 3.47. The van der Waals surface area contributed by atoms with Crippen LogP contribution in [0.2, 0.25) is 0 Å². The highest BCUT2D eigenvalue weighted by molar-refractivity contribution is 5.33. The maximum atomic E-state index is 5.24. The normalized spacial score (nSPS) is 12.5. The Morgan fingerprint density at radius 1 is 1.33 bits per heavy atom.